The number of aliphatic hydroxyl groups excluding tert-OH is 1. The summed E-state index contributed by atoms with van der Waals surface area (Å²) in [6, 6.07) is 4.02. The molecule has 1 atom stereocenters. The molecule has 0 heterocycles. The second-order valence-corrected chi connectivity index (χ2v) is 4.93. The molecule has 0 aliphatic rings. The standard InChI is InChI=1S/C13H18N2O5/c1-8(2)6-9(16)7-14-11-5-3-4-10(13(17)18)12(11)15(19)20/h3-5,8-9,14,16H,6-7H2,1-2H3,(H,17,18). The first-order valence-electron chi connectivity index (χ1n) is 6.25. The van der Waals surface area contributed by atoms with Crippen LogP contribution in [0.1, 0.15) is 30.6 Å². The van der Waals surface area contributed by atoms with E-state index >= 15 is 0 Å². The maximum absolute atomic E-state index is 11.0. The number of carbonyl (C=O) groups is 1. The van der Waals surface area contributed by atoms with Crippen LogP contribution in [0, 0.1) is 16.0 Å². The molecule has 20 heavy (non-hydrogen) atoms. The molecule has 7 heteroatoms. The Morgan fingerprint density at radius 3 is 2.60 bits per heavy atom. The van der Waals surface area contributed by atoms with Crippen molar-refractivity contribution in [1.82, 2.24) is 0 Å². The summed E-state index contributed by atoms with van der Waals surface area (Å²) in [6.07, 6.45) is -0.0949. The average molecular weight is 282 g/mol. The summed E-state index contributed by atoms with van der Waals surface area (Å²) >= 11 is 0. The molecule has 0 aliphatic carbocycles. The van der Waals surface area contributed by atoms with E-state index in [9.17, 15) is 20.0 Å². The van der Waals surface area contributed by atoms with Gasteiger partial charge in [0.1, 0.15) is 11.3 Å². The van der Waals surface area contributed by atoms with Crippen LogP contribution in [-0.2, 0) is 0 Å². The van der Waals surface area contributed by atoms with E-state index in [2.05, 4.69) is 5.32 Å². The number of aliphatic hydroxyl groups is 1. The minimum absolute atomic E-state index is 0.0951. The quantitative estimate of drug-likeness (QED) is 0.521. The van der Waals surface area contributed by atoms with Crippen molar-refractivity contribution in [3.8, 4) is 0 Å². The first-order valence-corrected chi connectivity index (χ1v) is 6.25. The van der Waals surface area contributed by atoms with Crippen LogP contribution in [0.2, 0.25) is 0 Å². The molecular weight excluding hydrogens is 264 g/mol. The number of rotatable bonds is 7. The molecule has 1 aromatic rings. The van der Waals surface area contributed by atoms with E-state index in [1.165, 1.54) is 18.2 Å². The number of nitro groups is 1. The number of hydrogen-bond acceptors (Lipinski definition) is 5. The van der Waals surface area contributed by atoms with Crippen molar-refractivity contribution in [3.63, 3.8) is 0 Å². The van der Waals surface area contributed by atoms with Crippen LogP contribution < -0.4 is 5.32 Å². The van der Waals surface area contributed by atoms with Gasteiger partial charge in [-0.05, 0) is 24.5 Å². The summed E-state index contributed by atoms with van der Waals surface area (Å²) in [5, 5.41) is 32.4. The van der Waals surface area contributed by atoms with Gasteiger partial charge in [0.15, 0.2) is 0 Å². The summed E-state index contributed by atoms with van der Waals surface area (Å²) < 4.78 is 0. The summed E-state index contributed by atoms with van der Waals surface area (Å²) in [6.45, 7) is 4.04. The van der Waals surface area contributed by atoms with Crippen molar-refractivity contribution in [2.75, 3.05) is 11.9 Å². The fraction of sp³-hybridized carbons (Fsp3) is 0.462. The third kappa shape index (κ3) is 4.20. The Kier molecular flexibility index (Phi) is 5.45. The molecule has 1 aromatic carbocycles. The summed E-state index contributed by atoms with van der Waals surface area (Å²) in [4.78, 5) is 21.3. The Morgan fingerprint density at radius 1 is 1.45 bits per heavy atom. The number of para-hydroxylation sites is 1. The van der Waals surface area contributed by atoms with Crippen molar-refractivity contribution < 1.29 is 19.9 Å². The van der Waals surface area contributed by atoms with Gasteiger partial charge in [-0.25, -0.2) is 4.79 Å². The highest BCUT2D eigenvalue weighted by atomic mass is 16.6. The highest BCUT2D eigenvalue weighted by Crippen LogP contribution is 2.28. The van der Waals surface area contributed by atoms with Gasteiger partial charge in [-0.1, -0.05) is 19.9 Å². The van der Waals surface area contributed by atoms with Crippen molar-refractivity contribution in [3.05, 3.63) is 33.9 Å². The van der Waals surface area contributed by atoms with Crippen LogP contribution >= 0.6 is 0 Å². The highest BCUT2D eigenvalue weighted by molar-refractivity contribution is 5.95. The van der Waals surface area contributed by atoms with Gasteiger partial charge in [0.25, 0.3) is 0 Å². The zero-order valence-corrected chi connectivity index (χ0v) is 11.4. The summed E-state index contributed by atoms with van der Waals surface area (Å²) in [7, 11) is 0. The molecule has 0 amide bonds. The fourth-order valence-corrected chi connectivity index (χ4v) is 1.91. The van der Waals surface area contributed by atoms with Crippen LogP contribution in [-0.4, -0.2) is 33.8 Å². The minimum Gasteiger partial charge on any atom is -0.477 e. The number of nitro benzene ring substituents is 1. The van der Waals surface area contributed by atoms with E-state index in [0.717, 1.165) is 0 Å². The zero-order chi connectivity index (χ0) is 15.3. The van der Waals surface area contributed by atoms with E-state index in [4.69, 9.17) is 5.11 Å². The lowest BCUT2D eigenvalue weighted by Crippen LogP contribution is -2.22. The molecule has 3 N–H and O–H groups in total. The minimum atomic E-state index is -1.36. The summed E-state index contributed by atoms with van der Waals surface area (Å²) in [5.74, 6) is -1.06. The number of hydrogen-bond donors (Lipinski definition) is 3. The molecular formula is C13H18N2O5. The third-order valence-electron chi connectivity index (χ3n) is 2.72. The Balaban J connectivity index is 2.92. The van der Waals surface area contributed by atoms with E-state index in [0.29, 0.717) is 12.3 Å². The number of nitrogens with one attached hydrogen (secondary N) is 1. The largest absolute Gasteiger partial charge is 0.477 e. The first-order chi connectivity index (χ1) is 9.32. The maximum atomic E-state index is 11.0. The topological polar surface area (TPSA) is 113 Å². The second-order valence-electron chi connectivity index (χ2n) is 4.93. The molecule has 110 valence electrons. The monoisotopic (exact) mass is 282 g/mol. The molecule has 1 rings (SSSR count). The molecule has 0 aliphatic heterocycles. The number of aromatic carboxylic acids is 1. The molecule has 1 unspecified atom stereocenters. The van der Waals surface area contributed by atoms with Gasteiger partial charge >= 0.3 is 11.7 Å². The lowest BCUT2D eigenvalue weighted by atomic mass is 10.1. The summed E-state index contributed by atoms with van der Waals surface area (Å²) in [5.41, 5.74) is -0.771. The van der Waals surface area contributed by atoms with E-state index < -0.39 is 22.7 Å². The highest BCUT2D eigenvalue weighted by Gasteiger charge is 2.24. The van der Waals surface area contributed by atoms with Gasteiger partial charge in [-0.15, -0.1) is 0 Å². The lowest BCUT2D eigenvalue weighted by molar-refractivity contribution is -0.384. The number of carboxylic acid groups (broad SMARTS) is 1. The molecule has 0 radical (unpaired) electrons. The van der Waals surface area contributed by atoms with Gasteiger partial charge in [0.05, 0.1) is 11.0 Å². The van der Waals surface area contributed by atoms with Gasteiger partial charge in [-0.3, -0.25) is 10.1 Å². The fourth-order valence-electron chi connectivity index (χ4n) is 1.91. The molecule has 0 fully saturated rings. The molecule has 0 aromatic heterocycles. The van der Waals surface area contributed by atoms with Crippen LogP contribution in [0.25, 0.3) is 0 Å². The molecule has 7 nitrogen and oxygen atoms in total. The van der Waals surface area contributed by atoms with Crippen LogP contribution in [0.3, 0.4) is 0 Å². The molecule has 0 saturated carbocycles. The van der Waals surface area contributed by atoms with Crippen LogP contribution in [0.4, 0.5) is 11.4 Å². The average Bonchev–Trinajstić information content (AvgIpc) is 2.34. The number of benzene rings is 1. The van der Waals surface area contributed by atoms with E-state index in [-0.39, 0.29) is 17.8 Å². The van der Waals surface area contributed by atoms with E-state index in [1.54, 1.807) is 0 Å². The Hall–Kier alpha value is -2.15. The van der Waals surface area contributed by atoms with Crippen molar-refractivity contribution in [2.24, 2.45) is 5.92 Å². The Bertz CT molecular complexity index is 502. The number of anilines is 1. The SMILES string of the molecule is CC(C)CC(O)CNc1cccc(C(=O)O)c1[N+](=O)[O-]. The van der Waals surface area contributed by atoms with E-state index in [1.807, 2.05) is 13.8 Å². The van der Waals surface area contributed by atoms with Gasteiger partial charge in [-0.2, -0.15) is 0 Å². The smallest absolute Gasteiger partial charge is 0.342 e. The molecule has 0 spiro atoms. The molecule has 0 saturated heterocycles. The Labute approximate surface area is 116 Å². The molecule has 0 bridgehead atoms. The third-order valence-corrected chi connectivity index (χ3v) is 2.72. The van der Waals surface area contributed by atoms with Crippen LogP contribution in [0.5, 0.6) is 0 Å². The van der Waals surface area contributed by atoms with Crippen molar-refractivity contribution in [1.29, 1.82) is 0 Å². The number of carboxylic acids is 1. The predicted octanol–water partition coefficient (Wildman–Crippen LogP) is 2.11. The van der Waals surface area contributed by atoms with Gasteiger partial charge in [0, 0.05) is 6.54 Å². The predicted molar refractivity (Wildman–Crippen MR) is 74.0 cm³/mol. The first kappa shape index (κ1) is 15.9. The van der Waals surface area contributed by atoms with Crippen molar-refractivity contribution >= 4 is 17.3 Å². The van der Waals surface area contributed by atoms with Crippen LogP contribution in [0.15, 0.2) is 18.2 Å². The number of nitrogens with zero attached hydrogens (tertiary/aromatic N) is 1. The second kappa shape index (κ2) is 6.85. The lowest BCUT2D eigenvalue weighted by Gasteiger charge is -2.15. The van der Waals surface area contributed by atoms with Gasteiger partial charge < -0.3 is 15.5 Å². The normalized spacial score (nSPS) is 12.2. The Morgan fingerprint density at radius 2 is 2.10 bits per heavy atom. The van der Waals surface area contributed by atoms with Crippen molar-refractivity contribution in [2.45, 2.75) is 26.4 Å². The van der Waals surface area contributed by atoms with Gasteiger partial charge in [0.2, 0.25) is 0 Å². The zero-order valence-electron chi connectivity index (χ0n) is 11.4. The maximum Gasteiger partial charge on any atom is 0.342 e.